The van der Waals surface area contributed by atoms with Crippen LogP contribution in [0.1, 0.15) is 31.2 Å². The van der Waals surface area contributed by atoms with Gasteiger partial charge in [0.05, 0.1) is 21.2 Å². The molecule has 1 aromatic heterocycles. The van der Waals surface area contributed by atoms with Crippen LogP contribution in [0.25, 0.3) is 0 Å². The molecular weight excluding hydrogens is 501 g/mol. The first-order chi connectivity index (χ1) is 15.5. The van der Waals surface area contributed by atoms with E-state index in [-0.39, 0.29) is 26.4 Å². The van der Waals surface area contributed by atoms with E-state index in [1.165, 1.54) is 24.3 Å². The van der Waals surface area contributed by atoms with E-state index >= 15 is 0 Å². The van der Waals surface area contributed by atoms with Crippen LogP contribution in [0.5, 0.6) is 0 Å². The Labute approximate surface area is 198 Å². The van der Waals surface area contributed by atoms with Gasteiger partial charge in [0.25, 0.3) is 10.0 Å². The van der Waals surface area contributed by atoms with Gasteiger partial charge in [-0.3, -0.25) is 14.5 Å². The first-order valence-corrected chi connectivity index (χ1v) is 12.7. The third kappa shape index (κ3) is 7.34. The zero-order chi connectivity index (χ0) is 24.1. The van der Waals surface area contributed by atoms with Crippen LogP contribution in [0.2, 0.25) is 5.02 Å². The summed E-state index contributed by atoms with van der Waals surface area (Å²) in [6, 6.07) is 6.46. The van der Waals surface area contributed by atoms with Gasteiger partial charge in [-0.15, -0.1) is 0 Å². The first kappa shape index (κ1) is 25.3. The molecule has 0 fully saturated rings. The van der Waals surface area contributed by atoms with E-state index in [0.717, 1.165) is 37.1 Å². The van der Waals surface area contributed by atoms with E-state index in [2.05, 4.69) is 20.0 Å². The molecule has 0 unspecified atom stereocenters. The Bertz CT molecular complexity index is 1160. The van der Waals surface area contributed by atoms with Gasteiger partial charge in [-0.1, -0.05) is 35.9 Å². The number of anilines is 1. The number of benzene rings is 1. The van der Waals surface area contributed by atoms with E-state index in [1.54, 1.807) is 0 Å². The van der Waals surface area contributed by atoms with Crippen molar-refractivity contribution < 1.29 is 26.4 Å². The maximum absolute atomic E-state index is 12.7. The summed E-state index contributed by atoms with van der Waals surface area (Å²) in [5, 5.41) is 2.41. The highest BCUT2D eigenvalue weighted by molar-refractivity contribution is 8.00. The molecule has 1 aliphatic heterocycles. The molecule has 0 aliphatic carbocycles. The lowest BCUT2D eigenvalue weighted by atomic mass is 10.2. The van der Waals surface area contributed by atoms with E-state index in [1.807, 2.05) is 0 Å². The predicted octanol–water partition coefficient (Wildman–Crippen LogP) is 4.74. The van der Waals surface area contributed by atoms with Gasteiger partial charge in [-0.25, -0.2) is 13.4 Å². The van der Waals surface area contributed by atoms with Gasteiger partial charge in [0.15, 0.2) is 0 Å². The quantitative estimate of drug-likeness (QED) is 0.536. The Hall–Kier alpha value is -2.31. The first-order valence-electron chi connectivity index (χ1n) is 9.86. The molecule has 3 rings (SSSR count). The smallest absolute Gasteiger partial charge is 0.325 e. The number of nitrogens with one attached hydrogen (secondary N) is 2. The summed E-state index contributed by atoms with van der Waals surface area (Å²) in [4.78, 5) is 20.2. The molecule has 1 aliphatic rings. The normalized spacial score (nSPS) is 14.8. The minimum atomic E-state index is -4.57. The summed E-state index contributed by atoms with van der Waals surface area (Å²) >= 11 is 6.70. The minimum absolute atomic E-state index is 0.0349. The summed E-state index contributed by atoms with van der Waals surface area (Å²) < 4.78 is 66.0. The Kier molecular flexibility index (Phi) is 8.24. The summed E-state index contributed by atoms with van der Waals surface area (Å²) in [5.74, 6) is -0.280. The van der Waals surface area contributed by atoms with E-state index in [9.17, 15) is 26.4 Å². The number of carbonyl (C=O) groups excluding carboxylic acids is 1. The Morgan fingerprint density at radius 1 is 1.18 bits per heavy atom. The van der Waals surface area contributed by atoms with Crippen LogP contribution < -0.4 is 10.0 Å². The second-order valence-electron chi connectivity index (χ2n) is 7.12. The largest absolute Gasteiger partial charge is 0.417 e. The van der Waals surface area contributed by atoms with Crippen molar-refractivity contribution in [1.82, 2.24) is 9.71 Å². The SMILES string of the molecule is O=C(CSc1ncc(C(F)(F)F)cc1Cl)Nc1cccc(S(=O)(=O)NC2=NCCCCC2)c1. The molecule has 0 saturated heterocycles. The second kappa shape index (κ2) is 10.7. The number of nitrogens with zero attached hydrogens (tertiary/aromatic N) is 2. The Morgan fingerprint density at radius 3 is 2.70 bits per heavy atom. The van der Waals surface area contributed by atoms with Crippen LogP contribution in [-0.2, 0) is 21.0 Å². The monoisotopic (exact) mass is 520 g/mol. The third-order valence-electron chi connectivity index (χ3n) is 4.53. The number of halogens is 4. The van der Waals surface area contributed by atoms with Gasteiger partial charge in [0, 0.05) is 24.8 Å². The summed E-state index contributed by atoms with van der Waals surface area (Å²) in [6.07, 6.45) is -0.619. The third-order valence-corrected chi connectivity index (χ3v) is 7.31. The number of carbonyl (C=O) groups is 1. The number of thioether (sulfide) groups is 1. The number of hydrogen-bond acceptors (Lipinski definition) is 6. The topological polar surface area (TPSA) is 101 Å². The minimum Gasteiger partial charge on any atom is -0.325 e. The van der Waals surface area contributed by atoms with Crippen molar-refractivity contribution in [2.45, 2.75) is 41.8 Å². The average molecular weight is 521 g/mol. The number of aromatic nitrogens is 1. The summed E-state index contributed by atoms with van der Waals surface area (Å²) in [6.45, 7) is 0.573. The van der Waals surface area contributed by atoms with Crippen molar-refractivity contribution in [2.75, 3.05) is 17.6 Å². The van der Waals surface area contributed by atoms with Crippen molar-refractivity contribution in [1.29, 1.82) is 0 Å². The van der Waals surface area contributed by atoms with E-state index in [4.69, 9.17) is 11.6 Å². The lowest BCUT2D eigenvalue weighted by Gasteiger charge is -2.11. The number of sulfonamides is 1. The van der Waals surface area contributed by atoms with Gasteiger partial charge >= 0.3 is 6.18 Å². The molecule has 0 saturated carbocycles. The molecule has 2 aromatic rings. The molecule has 1 amide bonds. The molecule has 2 heterocycles. The molecular formula is C20H20ClF3N4O3S2. The molecule has 33 heavy (non-hydrogen) atoms. The van der Waals surface area contributed by atoms with Crippen molar-refractivity contribution in [2.24, 2.45) is 4.99 Å². The molecule has 0 spiro atoms. The van der Waals surface area contributed by atoms with Gasteiger partial charge in [-0.05, 0) is 37.1 Å². The number of aliphatic imine (C=N–C) groups is 1. The molecule has 178 valence electrons. The highest BCUT2D eigenvalue weighted by Gasteiger charge is 2.31. The fourth-order valence-corrected chi connectivity index (χ4v) is 5.06. The average Bonchev–Trinajstić information content (AvgIpc) is 3.00. The molecule has 7 nitrogen and oxygen atoms in total. The van der Waals surface area contributed by atoms with E-state index < -0.39 is 27.7 Å². The van der Waals surface area contributed by atoms with Crippen LogP contribution >= 0.6 is 23.4 Å². The zero-order valence-electron chi connectivity index (χ0n) is 17.2. The molecule has 0 bridgehead atoms. The van der Waals surface area contributed by atoms with Gasteiger partial charge < -0.3 is 5.32 Å². The molecule has 1 aromatic carbocycles. The molecule has 0 radical (unpaired) electrons. The standard InChI is InChI=1S/C20H20ClF3N4O3S2/c21-16-9-13(20(22,23)24)11-26-19(16)32-12-18(29)27-14-5-4-6-15(10-14)33(30,31)28-17-7-2-1-3-8-25-17/h4-6,9-11H,1-3,7-8,12H2,(H,25,28)(H,27,29). The fourth-order valence-electron chi connectivity index (χ4n) is 2.93. The van der Waals surface area contributed by atoms with Gasteiger partial charge in [-0.2, -0.15) is 13.2 Å². The lowest BCUT2D eigenvalue weighted by molar-refractivity contribution is -0.137. The maximum atomic E-state index is 12.7. The van der Waals surface area contributed by atoms with Crippen molar-refractivity contribution in [3.8, 4) is 0 Å². The van der Waals surface area contributed by atoms with Crippen molar-refractivity contribution >= 4 is 50.8 Å². The van der Waals surface area contributed by atoms with Crippen molar-refractivity contribution in [3.63, 3.8) is 0 Å². The number of amidine groups is 1. The number of rotatable bonds is 6. The van der Waals surface area contributed by atoms with Crippen LogP contribution in [0.4, 0.5) is 18.9 Å². The van der Waals surface area contributed by atoms with E-state index in [0.29, 0.717) is 25.0 Å². The number of alkyl halides is 3. The van der Waals surface area contributed by atoms with Gasteiger partial charge in [0.1, 0.15) is 10.9 Å². The second-order valence-corrected chi connectivity index (χ2v) is 10.2. The van der Waals surface area contributed by atoms with Crippen molar-refractivity contribution in [3.05, 3.63) is 47.1 Å². The van der Waals surface area contributed by atoms with Crippen LogP contribution in [0, 0.1) is 0 Å². The number of hydrogen-bond donors (Lipinski definition) is 2. The number of pyridine rings is 1. The van der Waals surface area contributed by atoms with Crippen LogP contribution in [-0.4, -0.2) is 37.4 Å². The fraction of sp³-hybridized carbons (Fsp3) is 0.350. The number of amides is 1. The predicted molar refractivity (Wildman–Crippen MR) is 121 cm³/mol. The molecule has 2 N–H and O–H groups in total. The summed E-state index contributed by atoms with van der Waals surface area (Å²) in [5.41, 5.74) is -0.736. The molecule has 0 atom stereocenters. The Balaban J connectivity index is 1.62. The van der Waals surface area contributed by atoms with Crippen LogP contribution in [0.3, 0.4) is 0 Å². The summed E-state index contributed by atoms with van der Waals surface area (Å²) in [7, 11) is -3.87. The van der Waals surface area contributed by atoms with Crippen LogP contribution in [0.15, 0.2) is 51.4 Å². The highest BCUT2D eigenvalue weighted by atomic mass is 35.5. The lowest BCUT2D eigenvalue weighted by Crippen LogP contribution is -2.30. The maximum Gasteiger partial charge on any atom is 0.417 e. The van der Waals surface area contributed by atoms with Gasteiger partial charge in [0.2, 0.25) is 5.91 Å². The molecule has 13 heteroatoms. The zero-order valence-corrected chi connectivity index (χ0v) is 19.5. The Morgan fingerprint density at radius 2 is 1.97 bits per heavy atom. The highest BCUT2D eigenvalue weighted by Crippen LogP contribution is 2.33.